The molecule has 0 bridgehead atoms. The highest BCUT2D eigenvalue weighted by Gasteiger charge is 2.45. The highest BCUT2D eigenvalue weighted by Crippen LogP contribution is 2.27. The van der Waals surface area contributed by atoms with E-state index in [2.05, 4.69) is 25.7 Å². The molecule has 240 valence electrons. The topological polar surface area (TPSA) is 167 Å². The van der Waals surface area contributed by atoms with Crippen molar-refractivity contribution < 1.29 is 33.8 Å². The third-order valence-electron chi connectivity index (χ3n) is 7.38. The van der Waals surface area contributed by atoms with Crippen LogP contribution in [0.1, 0.15) is 64.6 Å². The Bertz CT molecular complexity index is 1340. The molecule has 4 N–H and O–H groups in total. The minimum Gasteiger partial charge on any atom is -0.469 e. The number of amides is 4. The Labute approximate surface area is 261 Å². The molecular formula is C31H43N5O7S. The number of nitrogens with one attached hydrogen (secondary N) is 3. The van der Waals surface area contributed by atoms with Gasteiger partial charge in [-0.25, -0.2) is 4.98 Å². The first-order valence-corrected chi connectivity index (χ1v) is 15.5. The monoisotopic (exact) mass is 629 g/mol. The predicted molar refractivity (Wildman–Crippen MR) is 165 cm³/mol. The molecule has 1 aliphatic rings. The van der Waals surface area contributed by atoms with Gasteiger partial charge >= 0.3 is 5.97 Å². The number of ether oxygens (including phenoxy) is 1. The molecule has 3 rings (SSSR count). The summed E-state index contributed by atoms with van der Waals surface area (Å²) in [5.41, 5.74) is 3.22. The summed E-state index contributed by atoms with van der Waals surface area (Å²) < 4.78 is 4.56. The summed E-state index contributed by atoms with van der Waals surface area (Å²) in [5, 5.41) is 18.6. The van der Waals surface area contributed by atoms with Crippen molar-refractivity contribution in [2.45, 2.75) is 90.6 Å². The van der Waals surface area contributed by atoms with E-state index in [1.54, 1.807) is 16.8 Å². The van der Waals surface area contributed by atoms with Gasteiger partial charge in [0, 0.05) is 25.9 Å². The number of methoxy groups -OCH3 is 1. The van der Waals surface area contributed by atoms with Crippen LogP contribution in [0.2, 0.25) is 0 Å². The van der Waals surface area contributed by atoms with Gasteiger partial charge in [0.15, 0.2) is 0 Å². The second kappa shape index (κ2) is 15.2. The van der Waals surface area contributed by atoms with E-state index in [0.717, 1.165) is 21.7 Å². The number of aliphatic hydroxyl groups is 1. The number of β-amino-alcohol motifs (C(OH)–C–C–N with tert-alkyl or cyclic N) is 1. The number of aryl methyl sites for hydroxylation is 1. The number of carbonyl (C=O) groups is 5. The average molecular weight is 630 g/mol. The van der Waals surface area contributed by atoms with Gasteiger partial charge in [0.25, 0.3) is 0 Å². The van der Waals surface area contributed by atoms with E-state index in [4.69, 9.17) is 0 Å². The highest BCUT2D eigenvalue weighted by molar-refractivity contribution is 7.13. The first-order chi connectivity index (χ1) is 20.7. The van der Waals surface area contributed by atoms with E-state index < -0.39 is 53.3 Å². The number of hydrogen-bond acceptors (Lipinski definition) is 9. The minimum atomic E-state index is -1.45. The fraction of sp³-hybridized carbons (Fsp3) is 0.548. The molecule has 0 saturated carbocycles. The maximum Gasteiger partial charge on any atom is 0.306 e. The van der Waals surface area contributed by atoms with Crippen LogP contribution < -0.4 is 16.0 Å². The van der Waals surface area contributed by atoms with Crippen molar-refractivity contribution in [3.05, 3.63) is 41.0 Å². The summed E-state index contributed by atoms with van der Waals surface area (Å²) in [5.74, 6) is -2.50. The zero-order chi connectivity index (χ0) is 32.6. The number of hydrogen-bond donors (Lipinski definition) is 4. The number of aliphatic hydroxyl groups excluding tert-OH is 1. The molecule has 0 spiro atoms. The van der Waals surface area contributed by atoms with Gasteiger partial charge in [-0.2, -0.15) is 0 Å². The lowest BCUT2D eigenvalue weighted by Gasteiger charge is -2.34. The number of thiazole rings is 1. The maximum absolute atomic E-state index is 13.7. The standard InChI is InChI=1S/C31H43N5O7S/c1-18(2)13-23(34-25(38)11-12-26(39)43-6)28(40)35-31(4,5)30(42)36-16-22(37)14-24(36)29(41)32-15-20-7-9-21(10-8-20)27-19(3)33-17-44-27/h7-10,17-18,22-24,37H,11-16H2,1-6H3,(H,32,41)(H,34,38)(H,35,40). The van der Waals surface area contributed by atoms with Crippen molar-refractivity contribution in [2.24, 2.45) is 5.92 Å². The number of carbonyl (C=O) groups excluding carboxylic acids is 5. The third kappa shape index (κ3) is 9.33. The van der Waals surface area contributed by atoms with Crippen molar-refractivity contribution in [1.82, 2.24) is 25.8 Å². The first kappa shape index (κ1) is 34.6. The summed E-state index contributed by atoms with van der Waals surface area (Å²) in [6, 6.07) is 5.91. The molecule has 4 amide bonds. The van der Waals surface area contributed by atoms with E-state index in [-0.39, 0.29) is 38.3 Å². The van der Waals surface area contributed by atoms with E-state index in [1.807, 2.05) is 45.0 Å². The molecule has 2 aromatic rings. The van der Waals surface area contributed by atoms with Crippen molar-refractivity contribution in [3.8, 4) is 10.4 Å². The number of rotatable bonds is 13. The van der Waals surface area contributed by atoms with Gasteiger partial charge in [-0.1, -0.05) is 38.1 Å². The molecule has 3 unspecified atom stereocenters. The number of likely N-dealkylation sites (tertiary alicyclic amines) is 1. The fourth-order valence-electron chi connectivity index (χ4n) is 5.04. The minimum absolute atomic E-state index is 0.0419. The van der Waals surface area contributed by atoms with Crippen LogP contribution in [-0.4, -0.2) is 82.0 Å². The van der Waals surface area contributed by atoms with Crippen molar-refractivity contribution in [1.29, 1.82) is 0 Å². The van der Waals surface area contributed by atoms with Crippen molar-refractivity contribution in [3.63, 3.8) is 0 Å². The van der Waals surface area contributed by atoms with Gasteiger partial charge in [0.2, 0.25) is 23.6 Å². The number of benzene rings is 1. The van der Waals surface area contributed by atoms with Crippen LogP contribution in [0, 0.1) is 12.8 Å². The Morgan fingerprint density at radius 1 is 1.14 bits per heavy atom. The first-order valence-electron chi connectivity index (χ1n) is 14.7. The van der Waals surface area contributed by atoms with Gasteiger partial charge in [0.05, 0.1) is 35.7 Å². The molecule has 1 aromatic carbocycles. The molecule has 1 saturated heterocycles. The molecule has 13 heteroatoms. The third-order valence-corrected chi connectivity index (χ3v) is 8.36. The molecular weight excluding hydrogens is 586 g/mol. The van der Waals surface area contributed by atoms with Crippen LogP contribution in [0.25, 0.3) is 10.4 Å². The summed E-state index contributed by atoms with van der Waals surface area (Å²) >= 11 is 1.56. The molecule has 1 aromatic heterocycles. The highest BCUT2D eigenvalue weighted by atomic mass is 32.1. The van der Waals surface area contributed by atoms with Gasteiger partial charge < -0.3 is 30.7 Å². The number of aromatic nitrogens is 1. The van der Waals surface area contributed by atoms with Crippen LogP contribution in [0.4, 0.5) is 0 Å². The van der Waals surface area contributed by atoms with Crippen LogP contribution in [0.3, 0.4) is 0 Å². The van der Waals surface area contributed by atoms with E-state index in [1.165, 1.54) is 25.9 Å². The summed E-state index contributed by atoms with van der Waals surface area (Å²) in [7, 11) is 1.23. The van der Waals surface area contributed by atoms with E-state index >= 15 is 0 Å². The molecule has 3 atom stereocenters. The van der Waals surface area contributed by atoms with Crippen LogP contribution in [0.15, 0.2) is 29.8 Å². The lowest BCUT2D eigenvalue weighted by molar-refractivity contribution is -0.145. The summed E-state index contributed by atoms with van der Waals surface area (Å²) in [6.45, 7) is 8.95. The molecule has 0 radical (unpaired) electrons. The van der Waals surface area contributed by atoms with Gasteiger partial charge in [-0.3, -0.25) is 24.0 Å². The summed E-state index contributed by atoms with van der Waals surface area (Å²) in [4.78, 5) is 70.7. The maximum atomic E-state index is 13.7. The quantitative estimate of drug-likeness (QED) is 0.244. The van der Waals surface area contributed by atoms with Gasteiger partial charge in [-0.15, -0.1) is 11.3 Å². The van der Waals surface area contributed by atoms with Crippen LogP contribution in [0.5, 0.6) is 0 Å². The molecule has 12 nitrogen and oxygen atoms in total. The lowest BCUT2D eigenvalue weighted by Crippen LogP contribution is -2.61. The zero-order valence-electron chi connectivity index (χ0n) is 26.1. The number of esters is 1. The zero-order valence-corrected chi connectivity index (χ0v) is 27.0. The Balaban J connectivity index is 1.63. The molecule has 44 heavy (non-hydrogen) atoms. The molecule has 1 aliphatic heterocycles. The van der Waals surface area contributed by atoms with Gasteiger partial charge in [0.1, 0.15) is 17.6 Å². The predicted octanol–water partition coefficient (Wildman–Crippen LogP) is 2.08. The van der Waals surface area contributed by atoms with E-state index in [9.17, 15) is 29.1 Å². The van der Waals surface area contributed by atoms with Crippen molar-refractivity contribution >= 4 is 40.9 Å². The van der Waals surface area contributed by atoms with E-state index in [0.29, 0.717) is 6.42 Å². The molecule has 2 heterocycles. The van der Waals surface area contributed by atoms with Crippen molar-refractivity contribution in [2.75, 3.05) is 13.7 Å². The normalized spacial score (nSPS) is 17.2. The Hall–Kier alpha value is -3.84. The lowest BCUT2D eigenvalue weighted by atomic mass is 9.98. The molecule has 0 aliphatic carbocycles. The molecule has 1 fully saturated rings. The van der Waals surface area contributed by atoms with Gasteiger partial charge in [-0.05, 0) is 44.2 Å². The summed E-state index contributed by atoms with van der Waals surface area (Å²) in [6.07, 6.45) is -0.794. The Morgan fingerprint density at radius 2 is 1.82 bits per heavy atom. The smallest absolute Gasteiger partial charge is 0.306 e. The Morgan fingerprint density at radius 3 is 2.41 bits per heavy atom. The second-order valence-electron chi connectivity index (χ2n) is 12.0. The second-order valence-corrected chi connectivity index (χ2v) is 12.8. The SMILES string of the molecule is COC(=O)CCC(=O)NC(CC(C)C)C(=O)NC(C)(C)C(=O)N1CC(O)CC1C(=O)NCc1ccc(-c2scnc2C)cc1. The Kier molecular flexibility index (Phi) is 12.0. The van der Waals surface area contributed by atoms with Crippen LogP contribution >= 0.6 is 11.3 Å². The van der Waals surface area contributed by atoms with Crippen LogP contribution in [-0.2, 0) is 35.3 Å². The number of nitrogens with zero attached hydrogens (tertiary/aromatic N) is 2. The fourth-order valence-corrected chi connectivity index (χ4v) is 5.85. The largest absolute Gasteiger partial charge is 0.469 e. The average Bonchev–Trinajstić information content (AvgIpc) is 3.58.